The lowest BCUT2D eigenvalue weighted by Crippen LogP contribution is -2.25. The normalized spacial score (nSPS) is 12.2. The molecule has 1 unspecified atom stereocenters. The van der Waals surface area contributed by atoms with Crippen LogP contribution in [0, 0.1) is 17.2 Å². The van der Waals surface area contributed by atoms with Crippen molar-refractivity contribution < 1.29 is 9.84 Å². The SMILES string of the molecule is CC(C)COCC(O)CNc1ccc(C#N)cc1Cl. The third-order valence-corrected chi connectivity index (χ3v) is 2.70. The largest absolute Gasteiger partial charge is 0.389 e. The molecule has 2 N–H and O–H groups in total. The number of ether oxygens (including phenoxy) is 1. The summed E-state index contributed by atoms with van der Waals surface area (Å²) in [6, 6.07) is 7.01. The van der Waals surface area contributed by atoms with E-state index in [4.69, 9.17) is 21.6 Å². The summed E-state index contributed by atoms with van der Waals surface area (Å²) in [5.74, 6) is 0.452. The van der Waals surface area contributed by atoms with Crippen molar-refractivity contribution in [1.82, 2.24) is 0 Å². The summed E-state index contributed by atoms with van der Waals surface area (Å²) in [4.78, 5) is 0. The summed E-state index contributed by atoms with van der Waals surface area (Å²) in [6.45, 7) is 5.39. The van der Waals surface area contributed by atoms with E-state index in [0.717, 1.165) is 0 Å². The van der Waals surface area contributed by atoms with Gasteiger partial charge in [-0.25, -0.2) is 0 Å². The van der Waals surface area contributed by atoms with Gasteiger partial charge in [0, 0.05) is 13.2 Å². The second-order valence-corrected chi connectivity index (χ2v) is 5.18. The maximum Gasteiger partial charge on any atom is 0.0992 e. The van der Waals surface area contributed by atoms with Gasteiger partial charge in [-0.3, -0.25) is 0 Å². The van der Waals surface area contributed by atoms with E-state index in [-0.39, 0.29) is 0 Å². The van der Waals surface area contributed by atoms with E-state index < -0.39 is 6.10 Å². The second kappa shape index (κ2) is 8.00. The van der Waals surface area contributed by atoms with E-state index >= 15 is 0 Å². The number of aliphatic hydroxyl groups is 1. The summed E-state index contributed by atoms with van der Waals surface area (Å²) in [5, 5.41) is 22.0. The summed E-state index contributed by atoms with van der Waals surface area (Å²) in [7, 11) is 0. The molecule has 0 spiro atoms. The van der Waals surface area contributed by atoms with Gasteiger partial charge in [0.05, 0.1) is 35.1 Å². The minimum absolute atomic E-state index is 0.291. The van der Waals surface area contributed by atoms with Crippen LogP contribution in [-0.4, -0.2) is 31.0 Å². The van der Waals surface area contributed by atoms with Crippen LogP contribution < -0.4 is 5.32 Å². The van der Waals surface area contributed by atoms with Gasteiger partial charge in [-0.2, -0.15) is 5.26 Å². The van der Waals surface area contributed by atoms with Crippen LogP contribution in [0.4, 0.5) is 5.69 Å². The number of nitrogens with zero attached hydrogens (tertiary/aromatic N) is 1. The fourth-order valence-corrected chi connectivity index (χ4v) is 1.70. The first-order valence-corrected chi connectivity index (χ1v) is 6.60. The number of nitriles is 1. The zero-order chi connectivity index (χ0) is 14.3. The van der Waals surface area contributed by atoms with Gasteiger partial charge in [0.2, 0.25) is 0 Å². The zero-order valence-corrected chi connectivity index (χ0v) is 11.9. The number of hydrogen-bond donors (Lipinski definition) is 2. The molecule has 1 aromatic carbocycles. The maximum atomic E-state index is 9.73. The van der Waals surface area contributed by atoms with E-state index in [9.17, 15) is 5.11 Å². The van der Waals surface area contributed by atoms with Crippen molar-refractivity contribution in [2.75, 3.05) is 25.1 Å². The van der Waals surface area contributed by atoms with Gasteiger partial charge in [0.15, 0.2) is 0 Å². The van der Waals surface area contributed by atoms with Gasteiger partial charge in [-0.1, -0.05) is 25.4 Å². The summed E-state index contributed by atoms with van der Waals surface area (Å²) < 4.78 is 5.35. The van der Waals surface area contributed by atoms with E-state index in [1.165, 1.54) is 0 Å². The van der Waals surface area contributed by atoms with Gasteiger partial charge < -0.3 is 15.2 Å². The van der Waals surface area contributed by atoms with E-state index in [2.05, 4.69) is 19.2 Å². The molecule has 1 aromatic rings. The average Bonchev–Trinajstić information content (AvgIpc) is 2.36. The molecular weight excluding hydrogens is 264 g/mol. The lowest BCUT2D eigenvalue weighted by Gasteiger charge is -2.15. The highest BCUT2D eigenvalue weighted by Crippen LogP contribution is 2.22. The molecule has 1 atom stereocenters. The van der Waals surface area contributed by atoms with Crippen LogP contribution in [0.15, 0.2) is 18.2 Å². The topological polar surface area (TPSA) is 65.3 Å². The Bertz CT molecular complexity index is 444. The quantitative estimate of drug-likeness (QED) is 0.807. The van der Waals surface area contributed by atoms with Crippen molar-refractivity contribution in [3.05, 3.63) is 28.8 Å². The molecule has 0 saturated carbocycles. The monoisotopic (exact) mass is 282 g/mol. The lowest BCUT2D eigenvalue weighted by atomic mass is 10.2. The molecule has 0 aromatic heterocycles. The Hall–Kier alpha value is -1.28. The van der Waals surface area contributed by atoms with Gasteiger partial charge in [0.1, 0.15) is 0 Å². The number of benzene rings is 1. The minimum atomic E-state index is -0.592. The average molecular weight is 283 g/mol. The molecule has 104 valence electrons. The van der Waals surface area contributed by atoms with Gasteiger partial charge >= 0.3 is 0 Å². The van der Waals surface area contributed by atoms with Gasteiger partial charge in [-0.15, -0.1) is 0 Å². The van der Waals surface area contributed by atoms with E-state index in [0.29, 0.717) is 41.9 Å². The van der Waals surface area contributed by atoms with E-state index in [1.54, 1.807) is 18.2 Å². The highest BCUT2D eigenvalue weighted by atomic mass is 35.5. The smallest absolute Gasteiger partial charge is 0.0992 e. The van der Waals surface area contributed by atoms with Crippen LogP contribution >= 0.6 is 11.6 Å². The van der Waals surface area contributed by atoms with Crippen molar-refractivity contribution in [2.45, 2.75) is 20.0 Å². The molecule has 0 radical (unpaired) electrons. The highest BCUT2D eigenvalue weighted by Gasteiger charge is 2.07. The van der Waals surface area contributed by atoms with Crippen LogP contribution in [0.25, 0.3) is 0 Å². The number of aliphatic hydroxyl groups excluding tert-OH is 1. The van der Waals surface area contributed by atoms with Crippen molar-refractivity contribution >= 4 is 17.3 Å². The van der Waals surface area contributed by atoms with Crippen LogP contribution in [0.3, 0.4) is 0 Å². The summed E-state index contributed by atoms with van der Waals surface area (Å²) in [6.07, 6.45) is -0.592. The minimum Gasteiger partial charge on any atom is -0.389 e. The number of halogens is 1. The van der Waals surface area contributed by atoms with Crippen molar-refractivity contribution in [3.8, 4) is 6.07 Å². The molecule has 1 rings (SSSR count). The Labute approximate surface area is 119 Å². The van der Waals surface area contributed by atoms with Crippen LogP contribution in [0.5, 0.6) is 0 Å². The molecule has 0 aliphatic rings. The second-order valence-electron chi connectivity index (χ2n) is 4.77. The molecule has 0 bridgehead atoms. The Morgan fingerprint density at radius 1 is 1.42 bits per heavy atom. The molecule has 0 fully saturated rings. The first-order chi connectivity index (χ1) is 9.02. The zero-order valence-electron chi connectivity index (χ0n) is 11.2. The number of rotatable bonds is 7. The van der Waals surface area contributed by atoms with Crippen LogP contribution in [0.1, 0.15) is 19.4 Å². The number of anilines is 1. The van der Waals surface area contributed by atoms with Gasteiger partial charge in [0.25, 0.3) is 0 Å². The Balaban J connectivity index is 2.38. The predicted molar refractivity (Wildman–Crippen MR) is 76.3 cm³/mol. The number of hydrogen-bond acceptors (Lipinski definition) is 4. The van der Waals surface area contributed by atoms with Crippen molar-refractivity contribution in [2.24, 2.45) is 5.92 Å². The predicted octanol–water partition coefficient (Wildman–Crippen LogP) is 2.66. The fraction of sp³-hybridized carbons (Fsp3) is 0.500. The van der Waals surface area contributed by atoms with E-state index in [1.807, 2.05) is 6.07 Å². The van der Waals surface area contributed by atoms with Gasteiger partial charge in [-0.05, 0) is 24.1 Å². The van der Waals surface area contributed by atoms with Crippen LogP contribution in [-0.2, 0) is 4.74 Å². The lowest BCUT2D eigenvalue weighted by molar-refractivity contribution is 0.0318. The highest BCUT2D eigenvalue weighted by molar-refractivity contribution is 6.33. The molecule has 0 heterocycles. The fourth-order valence-electron chi connectivity index (χ4n) is 1.45. The number of nitrogens with one attached hydrogen (secondary N) is 1. The third-order valence-electron chi connectivity index (χ3n) is 2.39. The van der Waals surface area contributed by atoms with Crippen LogP contribution in [0.2, 0.25) is 5.02 Å². The molecule has 0 aliphatic heterocycles. The molecule has 5 heteroatoms. The maximum absolute atomic E-state index is 9.73. The molecule has 0 saturated heterocycles. The first-order valence-electron chi connectivity index (χ1n) is 6.22. The Morgan fingerprint density at radius 3 is 2.74 bits per heavy atom. The standard InChI is InChI=1S/C14H19ClN2O2/c1-10(2)8-19-9-12(18)7-17-14-4-3-11(6-16)5-13(14)15/h3-5,10,12,17-18H,7-9H2,1-2H3. The Morgan fingerprint density at radius 2 is 2.16 bits per heavy atom. The van der Waals surface area contributed by atoms with Crippen molar-refractivity contribution in [1.29, 1.82) is 5.26 Å². The third kappa shape index (κ3) is 5.93. The molecule has 0 amide bonds. The Kier molecular flexibility index (Phi) is 6.65. The molecule has 0 aliphatic carbocycles. The summed E-state index contributed by atoms with van der Waals surface area (Å²) >= 11 is 6.01. The first kappa shape index (κ1) is 15.8. The summed E-state index contributed by atoms with van der Waals surface area (Å²) in [5.41, 5.74) is 1.21. The van der Waals surface area contributed by atoms with Crippen molar-refractivity contribution in [3.63, 3.8) is 0 Å². The molecule has 19 heavy (non-hydrogen) atoms. The molecular formula is C14H19ClN2O2. The molecule has 4 nitrogen and oxygen atoms in total.